The van der Waals surface area contributed by atoms with Crippen molar-refractivity contribution in [2.45, 2.75) is 32.6 Å². The van der Waals surface area contributed by atoms with E-state index < -0.39 is 0 Å². The molecule has 5 rings (SSSR count). The van der Waals surface area contributed by atoms with Crippen molar-refractivity contribution >= 4 is 17.5 Å². The van der Waals surface area contributed by atoms with Gasteiger partial charge in [0.1, 0.15) is 0 Å². The Morgan fingerprint density at radius 2 is 1.82 bits per heavy atom. The predicted octanol–water partition coefficient (Wildman–Crippen LogP) is 3.58. The number of carbonyl (C=O) groups excluding carboxylic acids is 2. The Balaban J connectivity index is 1.08. The monoisotopic (exact) mass is 462 g/mol. The molecule has 1 aromatic heterocycles. The van der Waals surface area contributed by atoms with Gasteiger partial charge in [-0.1, -0.05) is 35.0 Å². The van der Waals surface area contributed by atoms with Crippen molar-refractivity contribution in [2.24, 2.45) is 5.92 Å². The number of nitrogens with zero attached hydrogens (tertiary/aromatic N) is 3. The second-order valence-electron chi connectivity index (χ2n) is 8.59. The number of nitrogens with one attached hydrogen (secondary N) is 1. The first-order valence-corrected chi connectivity index (χ1v) is 11.4. The normalized spacial score (nSPS) is 15.4. The SMILES string of the molecule is Cc1ccc(-c2noc(CCC(=O)N3CCC(C(=O)Nc4ccc5c(c4)OCO5)CC3)n2)cc1. The molecule has 0 radical (unpaired) electrons. The highest BCUT2D eigenvalue weighted by molar-refractivity contribution is 5.93. The zero-order chi connectivity index (χ0) is 23.5. The number of benzene rings is 2. The quantitative estimate of drug-likeness (QED) is 0.597. The fourth-order valence-corrected chi connectivity index (χ4v) is 4.16. The molecular weight excluding hydrogens is 436 g/mol. The van der Waals surface area contributed by atoms with Gasteiger partial charge in [0, 0.05) is 49.2 Å². The minimum absolute atomic E-state index is 0.0321. The molecule has 0 aliphatic carbocycles. The van der Waals surface area contributed by atoms with Gasteiger partial charge in [0.2, 0.25) is 30.3 Å². The third-order valence-electron chi connectivity index (χ3n) is 6.19. The molecule has 9 heteroatoms. The van der Waals surface area contributed by atoms with Crippen LogP contribution in [0, 0.1) is 12.8 Å². The molecular formula is C25H26N4O5. The number of ether oxygens (including phenoxy) is 2. The topological polar surface area (TPSA) is 107 Å². The summed E-state index contributed by atoms with van der Waals surface area (Å²) in [6.45, 7) is 3.32. The lowest BCUT2D eigenvalue weighted by molar-refractivity contribution is -0.134. The molecule has 1 saturated heterocycles. The third-order valence-corrected chi connectivity index (χ3v) is 6.19. The van der Waals surface area contributed by atoms with Gasteiger partial charge < -0.3 is 24.2 Å². The van der Waals surface area contributed by atoms with E-state index in [1.807, 2.05) is 36.1 Å². The Labute approximate surface area is 197 Å². The summed E-state index contributed by atoms with van der Waals surface area (Å²) >= 11 is 0. The predicted molar refractivity (Wildman–Crippen MR) is 123 cm³/mol. The molecule has 0 saturated carbocycles. The smallest absolute Gasteiger partial charge is 0.231 e. The van der Waals surface area contributed by atoms with E-state index in [2.05, 4.69) is 15.5 Å². The minimum Gasteiger partial charge on any atom is -0.454 e. The molecule has 2 amide bonds. The van der Waals surface area contributed by atoms with E-state index >= 15 is 0 Å². The number of fused-ring (bicyclic) bond motifs is 1. The number of aryl methyl sites for hydroxylation is 2. The molecule has 3 aromatic rings. The Morgan fingerprint density at radius 1 is 1.06 bits per heavy atom. The van der Waals surface area contributed by atoms with Crippen molar-refractivity contribution in [2.75, 3.05) is 25.2 Å². The van der Waals surface area contributed by atoms with Gasteiger partial charge in [0.25, 0.3) is 0 Å². The lowest BCUT2D eigenvalue weighted by Crippen LogP contribution is -2.41. The van der Waals surface area contributed by atoms with E-state index in [9.17, 15) is 9.59 Å². The first kappa shape index (κ1) is 21.9. The summed E-state index contributed by atoms with van der Waals surface area (Å²) in [5.74, 6) is 2.13. The number of anilines is 1. The van der Waals surface area contributed by atoms with Crippen LogP contribution in [0.3, 0.4) is 0 Å². The molecule has 9 nitrogen and oxygen atoms in total. The van der Waals surface area contributed by atoms with Crippen LogP contribution in [0.1, 0.15) is 30.7 Å². The fourth-order valence-electron chi connectivity index (χ4n) is 4.16. The van der Waals surface area contributed by atoms with Gasteiger partial charge in [-0.05, 0) is 31.9 Å². The average Bonchev–Trinajstić information content (AvgIpc) is 3.52. The van der Waals surface area contributed by atoms with Crippen LogP contribution in [0.15, 0.2) is 47.0 Å². The molecule has 176 valence electrons. The first-order chi connectivity index (χ1) is 16.5. The average molecular weight is 463 g/mol. The molecule has 1 N–H and O–H groups in total. The van der Waals surface area contributed by atoms with Crippen LogP contribution < -0.4 is 14.8 Å². The van der Waals surface area contributed by atoms with E-state index in [1.54, 1.807) is 18.2 Å². The Kier molecular flexibility index (Phi) is 6.16. The van der Waals surface area contributed by atoms with Gasteiger partial charge in [-0.25, -0.2) is 0 Å². The van der Waals surface area contributed by atoms with Crippen molar-refractivity contribution in [1.29, 1.82) is 0 Å². The van der Waals surface area contributed by atoms with Crippen molar-refractivity contribution in [3.05, 3.63) is 53.9 Å². The van der Waals surface area contributed by atoms with Crippen LogP contribution in [0.4, 0.5) is 5.69 Å². The summed E-state index contributed by atoms with van der Waals surface area (Å²) < 4.78 is 16.0. The van der Waals surface area contributed by atoms with Crippen molar-refractivity contribution in [3.63, 3.8) is 0 Å². The summed E-state index contributed by atoms with van der Waals surface area (Å²) in [4.78, 5) is 31.6. The highest BCUT2D eigenvalue weighted by Crippen LogP contribution is 2.34. The van der Waals surface area contributed by atoms with Crippen molar-refractivity contribution in [1.82, 2.24) is 15.0 Å². The third kappa shape index (κ3) is 4.88. The van der Waals surface area contributed by atoms with Gasteiger partial charge in [-0.2, -0.15) is 4.98 Å². The number of likely N-dealkylation sites (tertiary alicyclic amines) is 1. The standard InChI is InChI=1S/C25H26N4O5/c1-16-2-4-17(5-3-16)24-27-22(34-28-24)8-9-23(30)29-12-10-18(11-13-29)25(31)26-19-6-7-20-21(14-19)33-15-32-20/h2-7,14,18H,8-13,15H2,1H3,(H,26,31). The Morgan fingerprint density at radius 3 is 2.62 bits per heavy atom. The number of carbonyl (C=O) groups is 2. The zero-order valence-corrected chi connectivity index (χ0v) is 19.0. The van der Waals surface area contributed by atoms with Crippen LogP contribution in [-0.4, -0.2) is 46.7 Å². The van der Waals surface area contributed by atoms with Crippen molar-refractivity contribution in [3.8, 4) is 22.9 Å². The lowest BCUT2D eigenvalue weighted by atomic mass is 9.95. The van der Waals surface area contributed by atoms with Gasteiger partial charge in [0.15, 0.2) is 11.5 Å². The summed E-state index contributed by atoms with van der Waals surface area (Å²) in [5, 5.41) is 6.96. The van der Waals surface area contributed by atoms with Crippen LogP contribution in [0.5, 0.6) is 11.5 Å². The molecule has 1 fully saturated rings. The molecule has 0 atom stereocenters. The highest BCUT2D eigenvalue weighted by atomic mass is 16.7. The Hall–Kier alpha value is -3.88. The number of aromatic nitrogens is 2. The van der Waals surface area contributed by atoms with Crippen LogP contribution in [0.2, 0.25) is 0 Å². The number of rotatable bonds is 6. The largest absolute Gasteiger partial charge is 0.454 e. The molecule has 3 heterocycles. The second kappa shape index (κ2) is 9.54. The van der Waals surface area contributed by atoms with E-state index in [4.69, 9.17) is 14.0 Å². The maximum absolute atomic E-state index is 12.7. The maximum atomic E-state index is 12.7. The minimum atomic E-state index is -0.137. The maximum Gasteiger partial charge on any atom is 0.231 e. The van der Waals surface area contributed by atoms with Crippen LogP contribution >= 0.6 is 0 Å². The van der Waals surface area contributed by atoms with Gasteiger partial charge in [-0.15, -0.1) is 0 Å². The number of hydrogen-bond donors (Lipinski definition) is 1. The van der Waals surface area contributed by atoms with Crippen molar-refractivity contribution < 1.29 is 23.6 Å². The zero-order valence-electron chi connectivity index (χ0n) is 19.0. The second-order valence-corrected chi connectivity index (χ2v) is 8.59. The van der Waals surface area contributed by atoms with E-state index in [0.29, 0.717) is 67.7 Å². The molecule has 2 aliphatic heterocycles. The highest BCUT2D eigenvalue weighted by Gasteiger charge is 2.28. The van der Waals surface area contributed by atoms with E-state index in [1.165, 1.54) is 0 Å². The summed E-state index contributed by atoms with van der Waals surface area (Å²) in [7, 11) is 0. The number of hydrogen-bond acceptors (Lipinski definition) is 7. The molecule has 0 spiro atoms. The van der Waals surface area contributed by atoms with Crippen LogP contribution in [-0.2, 0) is 16.0 Å². The van der Waals surface area contributed by atoms with Gasteiger partial charge in [-0.3, -0.25) is 9.59 Å². The Bertz CT molecular complexity index is 1180. The molecule has 34 heavy (non-hydrogen) atoms. The molecule has 2 aliphatic rings. The molecule has 2 aromatic carbocycles. The first-order valence-electron chi connectivity index (χ1n) is 11.4. The fraction of sp³-hybridized carbons (Fsp3) is 0.360. The summed E-state index contributed by atoms with van der Waals surface area (Å²) in [5.41, 5.74) is 2.72. The molecule has 0 unspecified atom stereocenters. The lowest BCUT2D eigenvalue weighted by Gasteiger charge is -2.31. The molecule has 0 bridgehead atoms. The summed E-state index contributed by atoms with van der Waals surface area (Å²) in [6, 6.07) is 13.2. The van der Waals surface area contributed by atoms with E-state index in [-0.39, 0.29) is 24.5 Å². The summed E-state index contributed by atoms with van der Waals surface area (Å²) in [6.07, 6.45) is 1.94. The number of piperidine rings is 1. The van der Waals surface area contributed by atoms with E-state index in [0.717, 1.165) is 11.1 Å². The van der Waals surface area contributed by atoms with Crippen LogP contribution in [0.25, 0.3) is 11.4 Å². The van der Waals surface area contributed by atoms with Gasteiger partial charge >= 0.3 is 0 Å². The number of amides is 2. The van der Waals surface area contributed by atoms with Gasteiger partial charge in [0.05, 0.1) is 0 Å².